The van der Waals surface area contributed by atoms with Crippen LogP contribution in [0.2, 0.25) is 5.28 Å². The molecule has 3 aromatic rings. The number of benzene rings is 2. The van der Waals surface area contributed by atoms with Gasteiger partial charge in [-0.1, -0.05) is 5.92 Å². The van der Waals surface area contributed by atoms with Crippen LogP contribution in [0.4, 0.5) is 15.9 Å². The Morgan fingerprint density at radius 3 is 2.28 bits per heavy atom. The summed E-state index contributed by atoms with van der Waals surface area (Å²) in [5.41, 5.74) is 1.22. The number of methoxy groups -OCH3 is 2. The monoisotopic (exact) mass is 463 g/mol. The predicted octanol–water partition coefficient (Wildman–Crippen LogP) is 3.37. The zero-order valence-corrected chi connectivity index (χ0v) is 18.3. The molecule has 1 aromatic heterocycles. The van der Waals surface area contributed by atoms with Crippen LogP contribution in [0, 0.1) is 18.2 Å². The van der Waals surface area contributed by atoms with Gasteiger partial charge < -0.3 is 29.7 Å². The fourth-order valence-electron chi connectivity index (χ4n) is 2.75. The molecule has 0 atom stereocenters. The Hall–Kier alpha value is -3.16. The van der Waals surface area contributed by atoms with Crippen molar-refractivity contribution in [3.63, 3.8) is 0 Å². The number of halogens is 2. The second-order valence-electron chi connectivity index (χ2n) is 6.30. The number of fused-ring (bicyclic) bond motifs is 1. The van der Waals surface area contributed by atoms with Crippen molar-refractivity contribution in [3.8, 4) is 23.8 Å². The molecule has 0 spiro atoms. The van der Waals surface area contributed by atoms with Crippen molar-refractivity contribution in [2.75, 3.05) is 46.0 Å². The second kappa shape index (κ2) is 12.0. The van der Waals surface area contributed by atoms with Crippen LogP contribution >= 0.6 is 11.6 Å². The summed E-state index contributed by atoms with van der Waals surface area (Å²) in [4.78, 5) is 8.56. The minimum Gasteiger partial charge on any atom is -0.487 e. The Morgan fingerprint density at radius 1 is 1.00 bits per heavy atom. The largest absolute Gasteiger partial charge is 0.487 e. The first-order valence-electron chi connectivity index (χ1n) is 9.33. The minimum atomic E-state index is -0.481. The lowest BCUT2D eigenvalue weighted by Gasteiger charge is -2.15. The van der Waals surface area contributed by atoms with Crippen molar-refractivity contribution in [2.24, 2.45) is 0 Å². The molecule has 8 nitrogen and oxygen atoms in total. The molecule has 0 bridgehead atoms. The van der Waals surface area contributed by atoms with E-state index in [1.807, 2.05) is 0 Å². The lowest BCUT2D eigenvalue weighted by atomic mass is 10.1. The first-order chi connectivity index (χ1) is 15.0. The van der Waals surface area contributed by atoms with E-state index in [-0.39, 0.29) is 16.3 Å². The molecule has 0 saturated heterocycles. The number of hydrogen-bond acceptors (Lipinski definition) is 7. The molecule has 0 aliphatic heterocycles. The molecule has 0 amide bonds. The van der Waals surface area contributed by atoms with Crippen molar-refractivity contribution >= 4 is 34.0 Å². The lowest BCUT2D eigenvalue weighted by Crippen LogP contribution is -2.09. The van der Waals surface area contributed by atoms with E-state index in [4.69, 9.17) is 37.0 Å². The van der Waals surface area contributed by atoms with E-state index in [1.165, 1.54) is 12.1 Å². The highest BCUT2D eigenvalue weighted by Crippen LogP contribution is 2.36. The third kappa shape index (κ3) is 6.18. The highest BCUT2D eigenvalue weighted by molar-refractivity contribution is 6.28. The summed E-state index contributed by atoms with van der Waals surface area (Å²) in [6.07, 6.45) is 5.36. The first kappa shape index (κ1) is 25.1. The Morgan fingerprint density at radius 2 is 1.66 bits per heavy atom. The quantitative estimate of drug-likeness (QED) is 0.279. The van der Waals surface area contributed by atoms with Gasteiger partial charge >= 0.3 is 0 Å². The minimum absolute atomic E-state index is 0. The molecular weight excluding hydrogens is 441 g/mol. The van der Waals surface area contributed by atoms with Crippen LogP contribution in [-0.4, -0.2) is 56.1 Å². The van der Waals surface area contributed by atoms with E-state index in [9.17, 15) is 4.39 Å². The fraction of sp³-hybridized carbons (Fsp3) is 0.273. The van der Waals surface area contributed by atoms with Crippen molar-refractivity contribution in [2.45, 2.75) is 0 Å². The highest BCUT2D eigenvalue weighted by atomic mass is 35.5. The summed E-state index contributed by atoms with van der Waals surface area (Å²) >= 11 is 6.13. The molecule has 0 fully saturated rings. The Balaban J connectivity index is 0.00000363. The number of hydrogen-bond donors (Lipinski definition) is 1. The number of rotatable bonds is 10. The maximum atomic E-state index is 13.7. The van der Waals surface area contributed by atoms with Crippen LogP contribution in [0.1, 0.15) is 5.56 Å². The Kier molecular flexibility index (Phi) is 9.43. The molecule has 0 aliphatic carbocycles. The van der Waals surface area contributed by atoms with Crippen molar-refractivity contribution in [1.29, 1.82) is 0 Å². The summed E-state index contributed by atoms with van der Waals surface area (Å²) < 4.78 is 35.4. The van der Waals surface area contributed by atoms with Gasteiger partial charge in [0, 0.05) is 31.4 Å². The highest BCUT2D eigenvalue weighted by Gasteiger charge is 2.15. The standard InChI is InChI=1S/C22H21ClFN3O4.H2O/c1-4-14-11-15(5-6-17(14)24)25-21-16-12-19(30-9-7-28-2)20(31-10-8-29-3)13-18(16)26-22(23)27-21;/h1,5-6,11-13H,7-10H2,2-3H3,(H,25,26,27);1H2. The molecule has 10 heteroatoms. The lowest BCUT2D eigenvalue weighted by molar-refractivity contribution is 0.132. The number of nitrogens with one attached hydrogen (secondary N) is 1. The summed E-state index contributed by atoms with van der Waals surface area (Å²) in [7, 11) is 3.18. The van der Waals surface area contributed by atoms with Gasteiger partial charge in [-0.25, -0.2) is 9.37 Å². The number of nitrogens with zero attached hydrogens (tertiary/aromatic N) is 2. The van der Waals surface area contributed by atoms with Gasteiger partial charge in [-0.05, 0) is 35.9 Å². The molecule has 0 radical (unpaired) electrons. The first-order valence-corrected chi connectivity index (χ1v) is 9.71. The van der Waals surface area contributed by atoms with Gasteiger partial charge in [0.15, 0.2) is 11.5 Å². The molecule has 0 saturated carbocycles. The fourth-order valence-corrected chi connectivity index (χ4v) is 2.92. The van der Waals surface area contributed by atoms with Crippen LogP contribution < -0.4 is 14.8 Å². The average molecular weight is 464 g/mol. The molecule has 0 unspecified atom stereocenters. The number of ether oxygens (including phenoxy) is 4. The molecule has 0 aliphatic rings. The normalized spacial score (nSPS) is 10.3. The van der Waals surface area contributed by atoms with Crippen molar-refractivity contribution in [3.05, 3.63) is 47.0 Å². The Bertz CT molecular complexity index is 1110. The van der Waals surface area contributed by atoms with Crippen molar-refractivity contribution in [1.82, 2.24) is 9.97 Å². The number of aromatic nitrogens is 2. The molecule has 3 rings (SSSR count). The maximum Gasteiger partial charge on any atom is 0.224 e. The Labute approximate surface area is 189 Å². The van der Waals surface area contributed by atoms with Gasteiger partial charge in [0.25, 0.3) is 0 Å². The van der Waals surface area contributed by atoms with Crippen LogP contribution in [0.5, 0.6) is 11.5 Å². The van der Waals surface area contributed by atoms with Gasteiger partial charge in [-0.15, -0.1) is 6.42 Å². The van der Waals surface area contributed by atoms with Gasteiger partial charge in [-0.3, -0.25) is 0 Å². The predicted molar refractivity (Wildman–Crippen MR) is 121 cm³/mol. The summed E-state index contributed by atoms with van der Waals surface area (Å²) in [6.45, 7) is 1.47. The van der Waals surface area contributed by atoms with Gasteiger partial charge in [0.2, 0.25) is 5.28 Å². The molecule has 170 valence electrons. The van der Waals surface area contributed by atoms with E-state index >= 15 is 0 Å². The summed E-state index contributed by atoms with van der Waals surface area (Å²) in [6, 6.07) is 7.80. The maximum absolute atomic E-state index is 13.7. The second-order valence-corrected chi connectivity index (χ2v) is 6.64. The number of terminal acetylenes is 1. The van der Waals surface area contributed by atoms with Crippen LogP contribution in [0.15, 0.2) is 30.3 Å². The van der Waals surface area contributed by atoms with Gasteiger partial charge in [0.05, 0.1) is 24.3 Å². The smallest absolute Gasteiger partial charge is 0.224 e. The summed E-state index contributed by atoms with van der Waals surface area (Å²) in [5, 5.41) is 3.78. The van der Waals surface area contributed by atoms with Crippen LogP contribution in [-0.2, 0) is 9.47 Å². The van der Waals surface area contributed by atoms with E-state index < -0.39 is 5.82 Å². The van der Waals surface area contributed by atoms with Crippen molar-refractivity contribution < 1.29 is 28.8 Å². The zero-order valence-electron chi connectivity index (χ0n) is 17.6. The SMILES string of the molecule is C#Cc1cc(Nc2nc(Cl)nc3cc(OCCOC)c(OCCOC)cc23)ccc1F.O. The zero-order chi connectivity index (χ0) is 22.2. The molecule has 3 N–H and O–H groups in total. The third-order valence-electron chi connectivity index (χ3n) is 4.21. The third-order valence-corrected chi connectivity index (χ3v) is 4.38. The van der Waals surface area contributed by atoms with E-state index in [1.54, 1.807) is 32.4 Å². The average Bonchev–Trinajstić information content (AvgIpc) is 2.75. The van der Waals surface area contributed by atoms with Crippen LogP contribution in [0.3, 0.4) is 0 Å². The van der Waals surface area contributed by atoms with E-state index in [0.717, 1.165) is 0 Å². The molecule has 2 aromatic carbocycles. The molecule has 32 heavy (non-hydrogen) atoms. The van der Waals surface area contributed by atoms with E-state index in [2.05, 4.69) is 21.2 Å². The summed E-state index contributed by atoms with van der Waals surface area (Å²) in [5.74, 6) is 3.20. The topological polar surface area (TPSA) is 106 Å². The molecular formula is C22H23ClFN3O5. The number of anilines is 2. The van der Waals surface area contributed by atoms with E-state index in [0.29, 0.717) is 60.3 Å². The molecule has 1 heterocycles. The van der Waals surface area contributed by atoms with Gasteiger partial charge in [0.1, 0.15) is 24.8 Å². The van der Waals surface area contributed by atoms with Gasteiger partial charge in [-0.2, -0.15) is 4.98 Å². The van der Waals surface area contributed by atoms with Crippen LogP contribution in [0.25, 0.3) is 10.9 Å².